The Bertz CT molecular complexity index is 445. The highest BCUT2D eigenvalue weighted by atomic mass is 32.1. The van der Waals surface area contributed by atoms with Crippen LogP contribution in [-0.4, -0.2) is 19.7 Å². The summed E-state index contributed by atoms with van der Waals surface area (Å²) in [5.41, 5.74) is 6.61. The first kappa shape index (κ1) is 10.3. The van der Waals surface area contributed by atoms with Gasteiger partial charge in [0.25, 0.3) is 0 Å². The third-order valence-corrected chi connectivity index (χ3v) is 3.10. The Kier molecular flexibility index (Phi) is 2.79. The van der Waals surface area contributed by atoms with Gasteiger partial charge in [0.2, 0.25) is 0 Å². The fraction of sp³-hybridized carbons (Fsp3) is 0.444. The second kappa shape index (κ2) is 4.08. The van der Waals surface area contributed by atoms with Crippen LogP contribution in [0.25, 0.3) is 11.5 Å². The minimum Gasteiger partial charge on any atom is -0.322 e. The van der Waals surface area contributed by atoms with Crippen molar-refractivity contribution in [3.63, 3.8) is 0 Å². The Hall–Kier alpha value is -1.27. The summed E-state index contributed by atoms with van der Waals surface area (Å²) < 4.78 is 1.82. The summed E-state index contributed by atoms with van der Waals surface area (Å²) in [5.74, 6) is 0.806. The first-order valence-corrected chi connectivity index (χ1v) is 5.69. The SMILES string of the molecule is CCn1ncnc1-c1csc(C(C)N)n1. The van der Waals surface area contributed by atoms with Crippen LogP contribution in [0.1, 0.15) is 24.9 Å². The predicted octanol–water partition coefficient (Wildman–Crippen LogP) is 1.44. The Labute approximate surface area is 92.0 Å². The van der Waals surface area contributed by atoms with Gasteiger partial charge in [0.1, 0.15) is 17.0 Å². The van der Waals surface area contributed by atoms with Crippen LogP contribution < -0.4 is 5.73 Å². The average molecular weight is 223 g/mol. The molecule has 15 heavy (non-hydrogen) atoms. The Balaban J connectivity index is 2.37. The third kappa shape index (κ3) is 1.91. The summed E-state index contributed by atoms with van der Waals surface area (Å²) in [6.45, 7) is 4.74. The van der Waals surface area contributed by atoms with Crippen molar-refractivity contribution in [2.24, 2.45) is 5.73 Å². The van der Waals surface area contributed by atoms with E-state index in [1.165, 1.54) is 0 Å². The standard InChI is InChI=1S/C9H13N5S/c1-3-14-8(11-5-12-14)7-4-15-9(13-7)6(2)10/h4-6H,3,10H2,1-2H3. The molecule has 0 bridgehead atoms. The molecule has 2 heterocycles. The van der Waals surface area contributed by atoms with E-state index in [1.807, 2.05) is 23.9 Å². The monoisotopic (exact) mass is 223 g/mol. The minimum atomic E-state index is -0.0262. The quantitative estimate of drug-likeness (QED) is 0.854. The van der Waals surface area contributed by atoms with E-state index in [1.54, 1.807) is 17.7 Å². The molecule has 0 amide bonds. The van der Waals surface area contributed by atoms with Crippen LogP contribution in [0.4, 0.5) is 0 Å². The van der Waals surface area contributed by atoms with Gasteiger partial charge in [-0.1, -0.05) is 0 Å². The number of rotatable bonds is 3. The number of nitrogens with zero attached hydrogens (tertiary/aromatic N) is 4. The van der Waals surface area contributed by atoms with E-state index in [4.69, 9.17) is 5.73 Å². The van der Waals surface area contributed by atoms with E-state index in [2.05, 4.69) is 15.1 Å². The lowest BCUT2D eigenvalue weighted by molar-refractivity contribution is 0.664. The molecule has 0 saturated carbocycles. The first-order valence-electron chi connectivity index (χ1n) is 4.81. The summed E-state index contributed by atoms with van der Waals surface area (Å²) in [6, 6.07) is -0.0262. The maximum atomic E-state index is 5.76. The van der Waals surface area contributed by atoms with Gasteiger partial charge in [0.05, 0.1) is 6.04 Å². The van der Waals surface area contributed by atoms with Gasteiger partial charge in [-0.15, -0.1) is 11.3 Å². The van der Waals surface area contributed by atoms with Crippen molar-refractivity contribution in [1.82, 2.24) is 19.7 Å². The van der Waals surface area contributed by atoms with Crippen LogP contribution in [0.3, 0.4) is 0 Å². The summed E-state index contributed by atoms with van der Waals surface area (Å²) in [5, 5.41) is 7.00. The van der Waals surface area contributed by atoms with Crippen LogP contribution >= 0.6 is 11.3 Å². The van der Waals surface area contributed by atoms with Gasteiger partial charge >= 0.3 is 0 Å². The van der Waals surface area contributed by atoms with E-state index in [-0.39, 0.29) is 6.04 Å². The van der Waals surface area contributed by atoms with Crippen molar-refractivity contribution in [3.05, 3.63) is 16.7 Å². The fourth-order valence-corrected chi connectivity index (χ4v) is 2.05. The predicted molar refractivity (Wildman–Crippen MR) is 59.4 cm³/mol. The normalized spacial score (nSPS) is 13.0. The number of aromatic nitrogens is 4. The number of nitrogens with two attached hydrogens (primary N) is 1. The van der Waals surface area contributed by atoms with E-state index in [9.17, 15) is 0 Å². The first-order chi connectivity index (χ1) is 7.22. The van der Waals surface area contributed by atoms with Crippen LogP contribution in [0.5, 0.6) is 0 Å². The molecule has 5 nitrogen and oxygen atoms in total. The van der Waals surface area contributed by atoms with Crippen LogP contribution in [0, 0.1) is 0 Å². The number of thiazole rings is 1. The molecule has 2 aromatic heterocycles. The van der Waals surface area contributed by atoms with Gasteiger partial charge in [-0.25, -0.2) is 14.6 Å². The van der Waals surface area contributed by atoms with Crippen LogP contribution in [-0.2, 0) is 6.54 Å². The van der Waals surface area contributed by atoms with E-state index < -0.39 is 0 Å². The molecule has 0 radical (unpaired) electrons. The second-order valence-electron chi connectivity index (χ2n) is 3.26. The molecule has 1 atom stereocenters. The Morgan fingerprint density at radius 2 is 2.40 bits per heavy atom. The topological polar surface area (TPSA) is 69.6 Å². The number of aryl methyl sites for hydroxylation is 1. The zero-order valence-electron chi connectivity index (χ0n) is 8.71. The van der Waals surface area contributed by atoms with E-state index in [0.29, 0.717) is 0 Å². The van der Waals surface area contributed by atoms with E-state index in [0.717, 1.165) is 23.1 Å². The molecule has 0 aliphatic heterocycles. The summed E-state index contributed by atoms with van der Waals surface area (Å²) >= 11 is 1.56. The van der Waals surface area contributed by atoms with Gasteiger partial charge < -0.3 is 5.73 Å². The van der Waals surface area contributed by atoms with Crippen molar-refractivity contribution >= 4 is 11.3 Å². The fourth-order valence-electron chi connectivity index (χ4n) is 1.29. The summed E-state index contributed by atoms with van der Waals surface area (Å²) in [6.07, 6.45) is 1.55. The third-order valence-electron chi connectivity index (χ3n) is 2.06. The molecule has 6 heteroatoms. The molecule has 0 spiro atoms. The lowest BCUT2D eigenvalue weighted by Crippen LogP contribution is -2.04. The zero-order chi connectivity index (χ0) is 10.8. The lowest BCUT2D eigenvalue weighted by Gasteiger charge is -1.99. The molecular formula is C9H13N5S. The van der Waals surface area contributed by atoms with E-state index >= 15 is 0 Å². The molecule has 0 fully saturated rings. The summed E-state index contributed by atoms with van der Waals surface area (Å²) in [4.78, 5) is 8.62. The number of hydrogen-bond donors (Lipinski definition) is 1. The Morgan fingerprint density at radius 1 is 1.60 bits per heavy atom. The van der Waals surface area contributed by atoms with Gasteiger partial charge in [0, 0.05) is 11.9 Å². The second-order valence-corrected chi connectivity index (χ2v) is 4.15. The largest absolute Gasteiger partial charge is 0.322 e. The maximum Gasteiger partial charge on any atom is 0.177 e. The molecule has 0 aromatic carbocycles. The molecule has 2 aromatic rings. The summed E-state index contributed by atoms with van der Waals surface area (Å²) in [7, 11) is 0. The van der Waals surface area contributed by atoms with Crippen molar-refractivity contribution in [1.29, 1.82) is 0 Å². The van der Waals surface area contributed by atoms with Gasteiger partial charge in [-0.3, -0.25) is 0 Å². The minimum absolute atomic E-state index is 0.0262. The highest BCUT2D eigenvalue weighted by molar-refractivity contribution is 7.10. The molecule has 0 aliphatic rings. The molecule has 0 saturated heterocycles. The molecule has 2 rings (SSSR count). The van der Waals surface area contributed by atoms with Crippen molar-refractivity contribution in [2.75, 3.05) is 0 Å². The maximum absolute atomic E-state index is 5.76. The van der Waals surface area contributed by atoms with Crippen LogP contribution in [0.2, 0.25) is 0 Å². The lowest BCUT2D eigenvalue weighted by atomic mass is 10.4. The molecule has 80 valence electrons. The highest BCUT2D eigenvalue weighted by Gasteiger charge is 2.11. The van der Waals surface area contributed by atoms with Gasteiger partial charge in [0.15, 0.2) is 5.82 Å². The smallest absolute Gasteiger partial charge is 0.177 e. The number of hydrogen-bond acceptors (Lipinski definition) is 5. The van der Waals surface area contributed by atoms with Gasteiger partial charge in [-0.2, -0.15) is 5.10 Å². The van der Waals surface area contributed by atoms with Crippen molar-refractivity contribution in [3.8, 4) is 11.5 Å². The Morgan fingerprint density at radius 3 is 3.00 bits per heavy atom. The van der Waals surface area contributed by atoms with Gasteiger partial charge in [-0.05, 0) is 13.8 Å². The van der Waals surface area contributed by atoms with Crippen LogP contribution in [0.15, 0.2) is 11.7 Å². The average Bonchev–Trinajstić information content (AvgIpc) is 2.85. The van der Waals surface area contributed by atoms with Crippen molar-refractivity contribution < 1.29 is 0 Å². The molecule has 2 N–H and O–H groups in total. The molecule has 1 unspecified atom stereocenters. The molecule has 0 aliphatic carbocycles. The highest BCUT2D eigenvalue weighted by Crippen LogP contribution is 2.22. The van der Waals surface area contributed by atoms with Crippen molar-refractivity contribution in [2.45, 2.75) is 26.4 Å². The molecular weight excluding hydrogens is 210 g/mol. The zero-order valence-corrected chi connectivity index (χ0v) is 9.53.